The van der Waals surface area contributed by atoms with Crippen LogP contribution in [0, 0.1) is 6.92 Å². The summed E-state index contributed by atoms with van der Waals surface area (Å²) in [4.78, 5) is 38.5. The molecule has 1 aliphatic heterocycles. The summed E-state index contributed by atoms with van der Waals surface area (Å²) in [5.41, 5.74) is 6.48. The van der Waals surface area contributed by atoms with E-state index in [2.05, 4.69) is 16.2 Å². The number of hydrazine groups is 1. The van der Waals surface area contributed by atoms with Gasteiger partial charge in [-0.1, -0.05) is 19.9 Å². The molecule has 0 bridgehead atoms. The molecule has 0 radical (unpaired) electrons. The van der Waals surface area contributed by atoms with E-state index in [0.717, 1.165) is 5.56 Å². The summed E-state index contributed by atoms with van der Waals surface area (Å²) in [6, 6.07) is 10.3. The lowest BCUT2D eigenvalue weighted by molar-refractivity contribution is 0.0846. The van der Waals surface area contributed by atoms with Crippen LogP contribution in [-0.4, -0.2) is 56.7 Å². The van der Waals surface area contributed by atoms with Gasteiger partial charge in [0.1, 0.15) is 0 Å². The van der Waals surface area contributed by atoms with Crippen LogP contribution in [0.3, 0.4) is 0 Å². The van der Waals surface area contributed by atoms with Crippen molar-refractivity contribution in [1.82, 2.24) is 20.5 Å². The average molecular weight is 474 g/mol. The molecule has 10 nitrogen and oxygen atoms in total. The molecule has 0 unspecified atom stereocenters. The highest BCUT2D eigenvalue weighted by Crippen LogP contribution is 2.23. The molecular formula is C22H27N5O5S. The summed E-state index contributed by atoms with van der Waals surface area (Å²) in [6.45, 7) is 6.99. The van der Waals surface area contributed by atoms with Gasteiger partial charge in [-0.3, -0.25) is 25.3 Å². The molecule has 1 aliphatic rings. The standard InChI is InChI=1S/C22H27N5O5S/c1-4-26(5-2)33(31,32)18-8-6-7-16(14-18)20(28)24-25-21(29)17-9-10-19(15(3)13-17)27-12-11-23-22(27)30/h6-10,13-14H,4-5,11-12H2,1-3H3,(H,23,30)(H,24,28)(H,25,29). The Hall–Kier alpha value is -3.44. The summed E-state index contributed by atoms with van der Waals surface area (Å²) < 4.78 is 26.7. The molecule has 2 aromatic carbocycles. The van der Waals surface area contributed by atoms with E-state index in [4.69, 9.17) is 0 Å². The molecule has 0 atom stereocenters. The Morgan fingerprint density at radius 3 is 2.21 bits per heavy atom. The number of anilines is 1. The molecule has 4 amide bonds. The highest BCUT2D eigenvalue weighted by Gasteiger charge is 2.24. The fourth-order valence-corrected chi connectivity index (χ4v) is 5.07. The van der Waals surface area contributed by atoms with Crippen molar-refractivity contribution in [3.05, 3.63) is 59.2 Å². The molecule has 0 aliphatic carbocycles. The van der Waals surface area contributed by atoms with Crippen LogP contribution in [0.15, 0.2) is 47.4 Å². The first kappa shape index (κ1) is 24.2. The minimum absolute atomic E-state index is 0.00217. The third-order valence-electron chi connectivity index (χ3n) is 5.34. The van der Waals surface area contributed by atoms with Crippen LogP contribution in [0.4, 0.5) is 10.5 Å². The maximum Gasteiger partial charge on any atom is 0.322 e. The molecule has 1 saturated heterocycles. The first-order chi connectivity index (χ1) is 15.7. The van der Waals surface area contributed by atoms with Gasteiger partial charge in [0.2, 0.25) is 10.0 Å². The maximum atomic E-state index is 12.7. The molecule has 2 aromatic rings. The Bertz CT molecular complexity index is 1180. The molecule has 0 aromatic heterocycles. The van der Waals surface area contributed by atoms with Gasteiger partial charge in [-0.2, -0.15) is 4.31 Å². The number of nitrogens with zero attached hydrogens (tertiary/aromatic N) is 2. The number of benzene rings is 2. The molecule has 0 spiro atoms. The molecular weight excluding hydrogens is 446 g/mol. The van der Waals surface area contributed by atoms with Crippen LogP contribution in [0.5, 0.6) is 0 Å². The predicted octanol–water partition coefficient (Wildman–Crippen LogP) is 1.63. The van der Waals surface area contributed by atoms with Gasteiger partial charge in [0.15, 0.2) is 0 Å². The number of carbonyl (C=O) groups excluding carboxylic acids is 3. The Kier molecular flexibility index (Phi) is 7.34. The summed E-state index contributed by atoms with van der Waals surface area (Å²) in [7, 11) is -3.72. The largest absolute Gasteiger partial charge is 0.336 e. The topological polar surface area (TPSA) is 128 Å². The van der Waals surface area contributed by atoms with E-state index in [1.54, 1.807) is 43.9 Å². The highest BCUT2D eigenvalue weighted by atomic mass is 32.2. The number of hydrogen-bond donors (Lipinski definition) is 3. The number of hydrogen-bond acceptors (Lipinski definition) is 5. The van der Waals surface area contributed by atoms with Gasteiger partial charge in [0, 0.05) is 43.0 Å². The first-order valence-electron chi connectivity index (χ1n) is 10.6. The zero-order chi connectivity index (χ0) is 24.2. The molecule has 0 saturated carbocycles. The van der Waals surface area contributed by atoms with E-state index in [0.29, 0.717) is 37.4 Å². The first-order valence-corrected chi connectivity index (χ1v) is 12.0. The summed E-state index contributed by atoms with van der Waals surface area (Å²) in [6.07, 6.45) is 0. The van der Waals surface area contributed by atoms with Crippen molar-refractivity contribution in [1.29, 1.82) is 0 Å². The highest BCUT2D eigenvalue weighted by molar-refractivity contribution is 7.89. The Labute approximate surface area is 193 Å². The third kappa shape index (κ3) is 5.15. The van der Waals surface area contributed by atoms with Crippen LogP contribution in [-0.2, 0) is 10.0 Å². The smallest absolute Gasteiger partial charge is 0.322 e. The summed E-state index contributed by atoms with van der Waals surface area (Å²) in [5, 5.41) is 2.73. The van der Waals surface area contributed by atoms with Crippen molar-refractivity contribution in [2.24, 2.45) is 0 Å². The van der Waals surface area contributed by atoms with Crippen molar-refractivity contribution in [2.75, 3.05) is 31.1 Å². The van der Waals surface area contributed by atoms with E-state index in [9.17, 15) is 22.8 Å². The lowest BCUT2D eigenvalue weighted by Gasteiger charge is -2.19. The summed E-state index contributed by atoms with van der Waals surface area (Å²) >= 11 is 0. The van der Waals surface area contributed by atoms with Crippen LogP contribution in [0.25, 0.3) is 0 Å². The Balaban J connectivity index is 1.68. The van der Waals surface area contributed by atoms with Crippen LogP contribution in [0.2, 0.25) is 0 Å². The number of rotatable bonds is 7. The van der Waals surface area contributed by atoms with Crippen molar-refractivity contribution in [2.45, 2.75) is 25.7 Å². The average Bonchev–Trinajstić information content (AvgIpc) is 3.23. The van der Waals surface area contributed by atoms with Gasteiger partial charge in [0.25, 0.3) is 11.8 Å². The Morgan fingerprint density at radius 2 is 1.67 bits per heavy atom. The van der Waals surface area contributed by atoms with Gasteiger partial charge in [-0.25, -0.2) is 13.2 Å². The summed E-state index contributed by atoms with van der Waals surface area (Å²) in [5.74, 6) is -1.20. The zero-order valence-electron chi connectivity index (χ0n) is 18.7. The lowest BCUT2D eigenvalue weighted by Crippen LogP contribution is -2.41. The SMILES string of the molecule is CCN(CC)S(=O)(=O)c1cccc(C(=O)NNC(=O)c2ccc(N3CCNC3=O)c(C)c2)c1. The van der Waals surface area contributed by atoms with Crippen molar-refractivity contribution in [3.8, 4) is 0 Å². The second-order valence-electron chi connectivity index (χ2n) is 7.41. The lowest BCUT2D eigenvalue weighted by atomic mass is 10.1. The molecule has 3 N–H and O–H groups in total. The molecule has 3 rings (SSSR count). The predicted molar refractivity (Wildman–Crippen MR) is 123 cm³/mol. The molecule has 1 heterocycles. The van der Waals surface area contributed by atoms with Crippen molar-refractivity contribution in [3.63, 3.8) is 0 Å². The Morgan fingerprint density at radius 1 is 1.03 bits per heavy atom. The fourth-order valence-electron chi connectivity index (χ4n) is 3.57. The fraction of sp³-hybridized carbons (Fsp3) is 0.318. The van der Waals surface area contributed by atoms with E-state index in [1.807, 2.05) is 0 Å². The van der Waals surface area contributed by atoms with E-state index < -0.39 is 21.8 Å². The van der Waals surface area contributed by atoms with Gasteiger partial charge in [-0.05, 0) is 48.9 Å². The number of sulfonamides is 1. The number of aryl methyl sites for hydroxylation is 1. The number of nitrogens with one attached hydrogen (secondary N) is 3. The van der Waals surface area contributed by atoms with Crippen molar-refractivity contribution >= 4 is 33.6 Å². The van der Waals surface area contributed by atoms with Crippen LogP contribution in [0.1, 0.15) is 40.1 Å². The van der Waals surface area contributed by atoms with Crippen LogP contribution >= 0.6 is 0 Å². The second kappa shape index (κ2) is 10.0. The number of amides is 4. The second-order valence-corrected chi connectivity index (χ2v) is 9.35. The monoisotopic (exact) mass is 473 g/mol. The van der Waals surface area contributed by atoms with E-state index >= 15 is 0 Å². The maximum absolute atomic E-state index is 12.7. The number of urea groups is 1. The number of carbonyl (C=O) groups is 3. The van der Waals surface area contributed by atoms with Gasteiger partial charge in [-0.15, -0.1) is 0 Å². The van der Waals surface area contributed by atoms with Gasteiger partial charge >= 0.3 is 6.03 Å². The molecule has 1 fully saturated rings. The molecule has 176 valence electrons. The quantitative estimate of drug-likeness (QED) is 0.527. The van der Waals surface area contributed by atoms with Crippen LogP contribution < -0.4 is 21.1 Å². The van der Waals surface area contributed by atoms with Crippen molar-refractivity contribution < 1.29 is 22.8 Å². The molecule has 11 heteroatoms. The normalized spacial score (nSPS) is 13.7. The van der Waals surface area contributed by atoms with Gasteiger partial charge in [0.05, 0.1) is 4.90 Å². The minimum Gasteiger partial charge on any atom is -0.336 e. The van der Waals surface area contributed by atoms with Gasteiger partial charge < -0.3 is 5.32 Å². The van der Waals surface area contributed by atoms with E-state index in [-0.39, 0.29) is 16.5 Å². The zero-order valence-corrected chi connectivity index (χ0v) is 19.5. The molecule has 33 heavy (non-hydrogen) atoms. The third-order valence-corrected chi connectivity index (χ3v) is 7.38. The van der Waals surface area contributed by atoms with E-state index in [1.165, 1.54) is 28.6 Å². The minimum atomic E-state index is -3.72.